The summed E-state index contributed by atoms with van der Waals surface area (Å²) in [6.45, 7) is 2.92. The van der Waals surface area contributed by atoms with Gasteiger partial charge in [-0.05, 0) is 29.3 Å². The highest BCUT2D eigenvalue weighted by Crippen LogP contribution is 2.27. The summed E-state index contributed by atoms with van der Waals surface area (Å²) in [6.07, 6.45) is 1.84. The second-order valence-electron chi connectivity index (χ2n) is 6.41. The first-order valence-electron chi connectivity index (χ1n) is 8.16. The van der Waals surface area contributed by atoms with Gasteiger partial charge in [0.1, 0.15) is 0 Å². The number of hydrogen-bond donors (Lipinski definition) is 1. The van der Waals surface area contributed by atoms with Crippen molar-refractivity contribution in [3.8, 4) is 0 Å². The summed E-state index contributed by atoms with van der Waals surface area (Å²) in [6, 6.07) is 21.5. The predicted molar refractivity (Wildman–Crippen MR) is 101 cm³/mol. The lowest BCUT2D eigenvalue weighted by atomic mass is 9.95. The lowest BCUT2D eigenvalue weighted by Gasteiger charge is -2.16. The van der Waals surface area contributed by atoms with E-state index in [1.54, 1.807) is 0 Å². The highest BCUT2D eigenvalue weighted by molar-refractivity contribution is 5.85. The van der Waals surface area contributed by atoms with Crippen molar-refractivity contribution in [3.63, 3.8) is 0 Å². The molecular weight excluding hydrogens is 318 g/mol. The van der Waals surface area contributed by atoms with Crippen molar-refractivity contribution in [3.05, 3.63) is 78.0 Å². The van der Waals surface area contributed by atoms with Crippen LogP contribution in [0.25, 0.3) is 10.9 Å². The van der Waals surface area contributed by atoms with Gasteiger partial charge in [0.2, 0.25) is 0 Å². The third-order valence-corrected chi connectivity index (χ3v) is 4.74. The van der Waals surface area contributed by atoms with Crippen molar-refractivity contribution in [2.24, 2.45) is 5.73 Å². The second-order valence-corrected chi connectivity index (χ2v) is 6.41. The summed E-state index contributed by atoms with van der Waals surface area (Å²) in [5.41, 5.74) is 10.1. The van der Waals surface area contributed by atoms with E-state index in [0.29, 0.717) is 5.92 Å². The van der Waals surface area contributed by atoms with Crippen LogP contribution in [0.15, 0.2) is 66.9 Å². The van der Waals surface area contributed by atoms with Crippen LogP contribution in [0.2, 0.25) is 0 Å². The molecule has 1 aliphatic rings. The van der Waals surface area contributed by atoms with E-state index in [-0.39, 0.29) is 18.4 Å². The van der Waals surface area contributed by atoms with Gasteiger partial charge in [-0.25, -0.2) is 0 Å². The van der Waals surface area contributed by atoms with Crippen LogP contribution in [0, 0.1) is 0 Å². The molecule has 1 saturated heterocycles. The van der Waals surface area contributed by atoms with Gasteiger partial charge >= 0.3 is 0 Å². The smallest absolute Gasteiger partial charge is 0.0702 e. The van der Waals surface area contributed by atoms with Gasteiger partial charge in [-0.2, -0.15) is 0 Å². The van der Waals surface area contributed by atoms with Crippen molar-refractivity contribution in [1.82, 2.24) is 9.88 Å². The fourth-order valence-electron chi connectivity index (χ4n) is 3.58. The van der Waals surface area contributed by atoms with Crippen molar-refractivity contribution in [2.75, 3.05) is 13.1 Å². The average molecular weight is 340 g/mol. The van der Waals surface area contributed by atoms with Crippen LogP contribution >= 0.6 is 12.4 Å². The van der Waals surface area contributed by atoms with E-state index in [2.05, 4.69) is 64.5 Å². The second kappa shape index (κ2) is 7.31. The first-order chi connectivity index (χ1) is 11.3. The number of rotatable bonds is 3. The molecule has 2 aromatic carbocycles. The van der Waals surface area contributed by atoms with Gasteiger partial charge in [-0.15, -0.1) is 12.4 Å². The molecule has 1 aliphatic heterocycles. The molecule has 3 nitrogen and oxygen atoms in total. The fraction of sp³-hybridized carbons (Fsp3) is 0.250. The van der Waals surface area contributed by atoms with Gasteiger partial charge in [0.25, 0.3) is 0 Å². The molecule has 0 saturated carbocycles. The Hall–Kier alpha value is -1.94. The summed E-state index contributed by atoms with van der Waals surface area (Å²) in [7, 11) is 0. The zero-order chi connectivity index (χ0) is 15.6. The van der Waals surface area contributed by atoms with E-state index in [1.165, 1.54) is 16.5 Å². The summed E-state index contributed by atoms with van der Waals surface area (Å²) < 4.78 is 0. The molecule has 1 aromatic heterocycles. The molecule has 24 heavy (non-hydrogen) atoms. The number of aromatic nitrogens is 1. The maximum absolute atomic E-state index is 6.39. The maximum atomic E-state index is 6.39. The zero-order valence-corrected chi connectivity index (χ0v) is 14.3. The van der Waals surface area contributed by atoms with Crippen LogP contribution < -0.4 is 5.73 Å². The molecular formula is C20H22ClN3. The highest BCUT2D eigenvalue weighted by atomic mass is 35.5. The number of nitrogens with zero attached hydrogens (tertiary/aromatic N) is 2. The molecule has 2 heterocycles. The van der Waals surface area contributed by atoms with Gasteiger partial charge in [0.15, 0.2) is 0 Å². The molecule has 4 heteroatoms. The van der Waals surface area contributed by atoms with Crippen LogP contribution in [0.5, 0.6) is 0 Å². The molecule has 2 N–H and O–H groups in total. The van der Waals surface area contributed by atoms with E-state index in [0.717, 1.165) is 25.2 Å². The Morgan fingerprint density at radius 2 is 1.83 bits per heavy atom. The third-order valence-electron chi connectivity index (χ3n) is 4.74. The third kappa shape index (κ3) is 3.44. The van der Waals surface area contributed by atoms with Gasteiger partial charge in [0.05, 0.1) is 5.52 Å². The van der Waals surface area contributed by atoms with Crippen LogP contribution in [0.3, 0.4) is 0 Å². The monoisotopic (exact) mass is 339 g/mol. The van der Waals surface area contributed by atoms with Gasteiger partial charge in [-0.3, -0.25) is 9.88 Å². The maximum Gasteiger partial charge on any atom is 0.0702 e. The molecule has 0 aliphatic carbocycles. The first-order valence-corrected chi connectivity index (χ1v) is 8.16. The first kappa shape index (κ1) is 16.9. The van der Waals surface area contributed by atoms with Gasteiger partial charge in [0, 0.05) is 43.2 Å². The average Bonchev–Trinajstić information content (AvgIpc) is 2.96. The van der Waals surface area contributed by atoms with Crippen molar-refractivity contribution in [1.29, 1.82) is 0 Å². The molecule has 2 atom stereocenters. The lowest BCUT2D eigenvalue weighted by Crippen LogP contribution is -2.28. The normalized spacial score (nSPS) is 20.9. The number of likely N-dealkylation sites (tertiary alicyclic amines) is 1. The molecule has 4 rings (SSSR count). The Morgan fingerprint density at radius 1 is 1.00 bits per heavy atom. The van der Waals surface area contributed by atoms with E-state index in [9.17, 15) is 0 Å². The molecule has 3 aromatic rings. The molecule has 0 bridgehead atoms. The molecule has 0 radical (unpaired) electrons. The molecule has 124 valence electrons. The molecule has 0 amide bonds. The van der Waals surface area contributed by atoms with Crippen LogP contribution in [-0.2, 0) is 6.54 Å². The number of benzene rings is 2. The number of nitrogens with two attached hydrogens (primary N) is 1. The van der Waals surface area contributed by atoms with Crippen LogP contribution in [-0.4, -0.2) is 29.0 Å². The molecule has 0 unspecified atom stereocenters. The minimum Gasteiger partial charge on any atom is -0.326 e. The minimum atomic E-state index is 0. The summed E-state index contributed by atoms with van der Waals surface area (Å²) in [4.78, 5) is 6.84. The quantitative estimate of drug-likeness (QED) is 0.793. The standard InChI is InChI=1S/C20H21N3.ClH/c21-19-14-23(13-18(19)16-5-2-1-3-6-16)12-15-8-9-20-17(11-15)7-4-10-22-20;/h1-11,18-19H,12-14,21H2;1H/t18-,19+;/m0./s1. The zero-order valence-electron chi connectivity index (χ0n) is 13.5. The van der Waals surface area contributed by atoms with Crippen molar-refractivity contribution in [2.45, 2.75) is 18.5 Å². The Balaban J connectivity index is 0.00000169. The lowest BCUT2D eigenvalue weighted by molar-refractivity contribution is 0.324. The van der Waals surface area contributed by atoms with Gasteiger partial charge in [-0.1, -0.05) is 42.5 Å². The Morgan fingerprint density at radius 3 is 2.67 bits per heavy atom. The van der Waals surface area contributed by atoms with E-state index in [4.69, 9.17) is 5.73 Å². The SMILES string of the molecule is Cl.N[C@@H]1CN(Cc2ccc3ncccc3c2)C[C@H]1c1ccccc1. The number of halogens is 1. The molecule has 0 spiro atoms. The number of pyridine rings is 1. The van der Waals surface area contributed by atoms with E-state index in [1.807, 2.05) is 12.3 Å². The van der Waals surface area contributed by atoms with Gasteiger partial charge < -0.3 is 5.73 Å². The van der Waals surface area contributed by atoms with E-state index >= 15 is 0 Å². The molecule has 1 fully saturated rings. The van der Waals surface area contributed by atoms with E-state index < -0.39 is 0 Å². The highest BCUT2D eigenvalue weighted by Gasteiger charge is 2.30. The topological polar surface area (TPSA) is 42.1 Å². The van der Waals surface area contributed by atoms with Crippen LogP contribution in [0.1, 0.15) is 17.0 Å². The number of fused-ring (bicyclic) bond motifs is 1. The summed E-state index contributed by atoms with van der Waals surface area (Å²) >= 11 is 0. The van der Waals surface area contributed by atoms with Crippen molar-refractivity contribution < 1.29 is 0 Å². The largest absolute Gasteiger partial charge is 0.326 e. The number of hydrogen-bond acceptors (Lipinski definition) is 3. The van der Waals surface area contributed by atoms with Crippen molar-refractivity contribution >= 4 is 23.3 Å². The summed E-state index contributed by atoms with van der Waals surface area (Å²) in [5, 5.41) is 1.20. The Kier molecular flexibility index (Phi) is 5.14. The Labute approximate surface area is 148 Å². The fourth-order valence-corrected chi connectivity index (χ4v) is 3.58. The predicted octanol–water partition coefficient (Wildman–Crippen LogP) is 3.58. The van der Waals surface area contributed by atoms with Crippen LogP contribution in [0.4, 0.5) is 0 Å². The minimum absolute atomic E-state index is 0. The summed E-state index contributed by atoms with van der Waals surface area (Å²) in [5.74, 6) is 0.429. The Bertz CT molecular complexity index is 806.